The summed E-state index contributed by atoms with van der Waals surface area (Å²) in [5.74, 6) is 0.0476. The van der Waals surface area contributed by atoms with Crippen LogP contribution < -0.4 is 0 Å². The van der Waals surface area contributed by atoms with E-state index in [0.717, 1.165) is 29.5 Å². The Hall–Kier alpha value is -3.89. The van der Waals surface area contributed by atoms with Crippen LogP contribution in [0.25, 0.3) is 22.3 Å². The molecule has 1 aliphatic carbocycles. The molecule has 2 fully saturated rings. The molecule has 2 saturated heterocycles. The van der Waals surface area contributed by atoms with Crippen molar-refractivity contribution in [2.45, 2.75) is 49.3 Å². The van der Waals surface area contributed by atoms with E-state index in [4.69, 9.17) is 4.74 Å². The van der Waals surface area contributed by atoms with Crippen LogP contribution in [0.3, 0.4) is 0 Å². The standard InChI is InChI=1S/C34H31NO3/c36-33(38-22-32-30-15-6-4-13-28(30)29-14-5-7-16-31(29)32)35-26-17-18-27(35)21-34(37,20-26)25-12-8-11-24(19-25)23-9-2-1-3-10-23/h1-16,19,26-27,32,37H,17-18,20-22H2. The molecule has 0 spiro atoms. The van der Waals surface area contributed by atoms with E-state index in [2.05, 4.69) is 72.8 Å². The minimum atomic E-state index is -0.948. The molecule has 4 heteroatoms. The van der Waals surface area contributed by atoms with Crippen molar-refractivity contribution in [3.05, 3.63) is 120 Å². The first-order chi connectivity index (χ1) is 18.6. The number of carbonyl (C=O) groups excluding carboxylic acids is 1. The van der Waals surface area contributed by atoms with Gasteiger partial charge in [0.05, 0.1) is 5.60 Å². The highest BCUT2D eigenvalue weighted by atomic mass is 16.6. The first-order valence-corrected chi connectivity index (χ1v) is 13.6. The lowest BCUT2D eigenvalue weighted by Gasteiger charge is -2.43. The molecule has 0 aromatic heterocycles. The largest absolute Gasteiger partial charge is 0.448 e. The highest BCUT2D eigenvalue weighted by Gasteiger charge is 2.50. The molecule has 4 aromatic rings. The first-order valence-electron chi connectivity index (χ1n) is 13.6. The van der Waals surface area contributed by atoms with E-state index in [1.54, 1.807) is 0 Å². The zero-order chi connectivity index (χ0) is 25.7. The molecule has 0 saturated carbocycles. The van der Waals surface area contributed by atoms with E-state index in [9.17, 15) is 9.90 Å². The topological polar surface area (TPSA) is 49.8 Å². The monoisotopic (exact) mass is 501 g/mol. The predicted octanol–water partition coefficient (Wildman–Crippen LogP) is 7.12. The zero-order valence-corrected chi connectivity index (χ0v) is 21.3. The van der Waals surface area contributed by atoms with Gasteiger partial charge in [0, 0.05) is 30.8 Å². The fourth-order valence-electron chi connectivity index (χ4n) is 7.05. The number of benzene rings is 4. The van der Waals surface area contributed by atoms with E-state index in [-0.39, 0.29) is 24.1 Å². The van der Waals surface area contributed by atoms with Crippen molar-refractivity contribution in [2.24, 2.45) is 0 Å². The molecule has 1 amide bonds. The highest BCUT2D eigenvalue weighted by Crippen LogP contribution is 2.47. The van der Waals surface area contributed by atoms with Crippen molar-refractivity contribution in [3.63, 3.8) is 0 Å². The second-order valence-electron chi connectivity index (χ2n) is 11.0. The van der Waals surface area contributed by atoms with E-state index in [0.29, 0.717) is 19.4 Å². The number of carbonyl (C=O) groups is 1. The van der Waals surface area contributed by atoms with Crippen molar-refractivity contribution in [2.75, 3.05) is 6.61 Å². The van der Waals surface area contributed by atoms with Crippen LogP contribution in [0, 0.1) is 0 Å². The maximum atomic E-state index is 13.4. The summed E-state index contributed by atoms with van der Waals surface area (Å²) >= 11 is 0. The SMILES string of the molecule is O=C(OCC1c2ccccc2-c2ccccc21)N1C2CCC1CC(O)(c1cccc(-c3ccccc3)c1)C2. The van der Waals surface area contributed by atoms with Gasteiger partial charge >= 0.3 is 6.09 Å². The van der Waals surface area contributed by atoms with Crippen molar-refractivity contribution >= 4 is 6.09 Å². The van der Waals surface area contributed by atoms with Crippen molar-refractivity contribution in [1.82, 2.24) is 4.90 Å². The lowest BCUT2D eigenvalue weighted by molar-refractivity contribution is -0.0531. The van der Waals surface area contributed by atoms with Gasteiger partial charge < -0.3 is 14.7 Å². The van der Waals surface area contributed by atoms with Crippen LogP contribution in [0.5, 0.6) is 0 Å². The minimum Gasteiger partial charge on any atom is -0.448 e. The molecule has 0 radical (unpaired) electrons. The molecule has 38 heavy (non-hydrogen) atoms. The number of ether oxygens (including phenoxy) is 1. The molecule has 4 nitrogen and oxygen atoms in total. The molecule has 4 aromatic carbocycles. The van der Waals surface area contributed by atoms with Gasteiger partial charge in [-0.3, -0.25) is 0 Å². The predicted molar refractivity (Wildman–Crippen MR) is 149 cm³/mol. The normalized spacial score (nSPS) is 23.7. The summed E-state index contributed by atoms with van der Waals surface area (Å²) in [5.41, 5.74) is 7.11. The number of amides is 1. The third-order valence-electron chi connectivity index (χ3n) is 8.82. The van der Waals surface area contributed by atoms with Gasteiger partial charge in [-0.15, -0.1) is 0 Å². The summed E-state index contributed by atoms with van der Waals surface area (Å²) in [7, 11) is 0. The number of hydrogen-bond donors (Lipinski definition) is 1. The quantitative estimate of drug-likeness (QED) is 0.324. The van der Waals surface area contributed by atoms with E-state index in [1.807, 2.05) is 35.2 Å². The molecular formula is C34H31NO3. The maximum Gasteiger partial charge on any atom is 0.410 e. The van der Waals surface area contributed by atoms with Gasteiger partial charge in [-0.2, -0.15) is 0 Å². The Morgan fingerprint density at radius 2 is 1.34 bits per heavy atom. The average Bonchev–Trinajstić information content (AvgIpc) is 3.44. The molecule has 3 aliphatic rings. The van der Waals surface area contributed by atoms with Gasteiger partial charge in [-0.05, 0) is 57.9 Å². The lowest BCUT2D eigenvalue weighted by Crippen LogP contribution is -2.52. The molecule has 2 heterocycles. The Kier molecular flexibility index (Phi) is 5.59. The Bertz CT molecular complexity index is 1440. The van der Waals surface area contributed by atoms with Gasteiger partial charge in [0.2, 0.25) is 0 Å². The molecular weight excluding hydrogens is 470 g/mol. The van der Waals surface area contributed by atoms with Crippen molar-refractivity contribution in [3.8, 4) is 22.3 Å². The summed E-state index contributed by atoms with van der Waals surface area (Å²) in [6.07, 6.45) is 2.61. The second kappa shape index (κ2) is 9.14. The third kappa shape index (κ3) is 3.83. The van der Waals surface area contributed by atoms with Gasteiger partial charge in [0.1, 0.15) is 6.61 Å². The molecule has 2 atom stereocenters. The van der Waals surface area contributed by atoms with Crippen LogP contribution in [-0.4, -0.2) is 34.8 Å². The molecule has 190 valence electrons. The number of piperidine rings is 1. The van der Waals surface area contributed by atoms with Crippen LogP contribution in [0.1, 0.15) is 48.3 Å². The van der Waals surface area contributed by atoms with E-state index >= 15 is 0 Å². The Labute approximate surface area is 223 Å². The van der Waals surface area contributed by atoms with Gasteiger partial charge in [-0.25, -0.2) is 4.79 Å². The number of aliphatic hydroxyl groups is 1. The number of hydrogen-bond acceptors (Lipinski definition) is 3. The second-order valence-corrected chi connectivity index (χ2v) is 11.0. The van der Waals surface area contributed by atoms with Crippen LogP contribution in [0.4, 0.5) is 4.79 Å². The van der Waals surface area contributed by atoms with Crippen molar-refractivity contribution < 1.29 is 14.6 Å². The fraction of sp³-hybridized carbons (Fsp3) is 0.265. The van der Waals surface area contributed by atoms with E-state index < -0.39 is 5.60 Å². The summed E-state index contributed by atoms with van der Waals surface area (Å²) in [6, 6.07) is 35.3. The fourth-order valence-corrected chi connectivity index (χ4v) is 7.05. The van der Waals surface area contributed by atoms with Crippen LogP contribution in [-0.2, 0) is 10.3 Å². The zero-order valence-electron chi connectivity index (χ0n) is 21.3. The Balaban J connectivity index is 1.08. The molecule has 2 unspecified atom stereocenters. The molecule has 7 rings (SSSR count). The Morgan fingerprint density at radius 3 is 2.00 bits per heavy atom. The molecule has 2 aliphatic heterocycles. The minimum absolute atomic E-state index is 0.0187. The molecule has 2 bridgehead atoms. The summed E-state index contributed by atoms with van der Waals surface area (Å²) in [6.45, 7) is 0.326. The lowest BCUT2D eigenvalue weighted by atomic mass is 9.80. The summed E-state index contributed by atoms with van der Waals surface area (Å²) < 4.78 is 6.02. The maximum absolute atomic E-state index is 13.4. The van der Waals surface area contributed by atoms with Crippen LogP contribution in [0.2, 0.25) is 0 Å². The summed E-state index contributed by atoms with van der Waals surface area (Å²) in [5, 5.41) is 11.8. The van der Waals surface area contributed by atoms with Crippen molar-refractivity contribution in [1.29, 1.82) is 0 Å². The van der Waals surface area contributed by atoms with E-state index in [1.165, 1.54) is 22.3 Å². The van der Waals surface area contributed by atoms with Crippen LogP contribution >= 0.6 is 0 Å². The number of nitrogens with zero attached hydrogens (tertiary/aromatic N) is 1. The summed E-state index contributed by atoms with van der Waals surface area (Å²) in [4.78, 5) is 15.4. The Morgan fingerprint density at radius 1 is 0.763 bits per heavy atom. The highest BCUT2D eigenvalue weighted by molar-refractivity contribution is 5.79. The van der Waals surface area contributed by atoms with Crippen LogP contribution in [0.15, 0.2) is 103 Å². The van der Waals surface area contributed by atoms with Gasteiger partial charge in [0.25, 0.3) is 0 Å². The van der Waals surface area contributed by atoms with Gasteiger partial charge in [0.15, 0.2) is 0 Å². The molecule has 1 N–H and O–H groups in total. The third-order valence-corrected chi connectivity index (χ3v) is 8.82. The first kappa shape index (κ1) is 23.2. The average molecular weight is 502 g/mol. The number of rotatable bonds is 4. The van der Waals surface area contributed by atoms with Gasteiger partial charge in [-0.1, -0.05) is 97.1 Å². The number of fused-ring (bicyclic) bond motifs is 5. The smallest absolute Gasteiger partial charge is 0.410 e.